The Kier molecular flexibility index (Phi) is 3.85. The Hall–Kier alpha value is -1.88. The minimum absolute atomic E-state index is 0.197. The fraction of sp³-hybridized carbons (Fsp3) is 0.143. The highest BCUT2D eigenvalue weighted by molar-refractivity contribution is 9.10. The van der Waals surface area contributed by atoms with Gasteiger partial charge in [0.2, 0.25) is 0 Å². The highest BCUT2D eigenvalue weighted by Crippen LogP contribution is 2.28. The zero-order valence-electron chi connectivity index (χ0n) is 10.6. The van der Waals surface area contributed by atoms with Crippen LogP contribution in [0, 0.1) is 13.8 Å². The van der Waals surface area contributed by atoms with Gasteiger partial charge in [0, 0.05) is 17.4 Å². The van der Waals surface area contributed by atoms with Crippen molar-refractivity contribution in [2.24, 2.45) is 0 Å². The number of aromatic nitrogens is 1. The molecule has 98 valence electrons. The molecule has 5 heteroatoms. The summed E-state index contributed by atoms with van der Waals surface area (Å²) >= 11 is 3.23. The van der Waals surface area contributed by atoms with Crippen molar-refractivity contribution in [1.82, 2.24) is 4.98 Å². The van der Waals surface area contributed by atoms with Crippen molar-refractivity contribution >= 4 is 27.5 Å². The van der Waals surface area contributed by atoms with Gasteiger partial charge in [-0.3, -0.25) is 4.79 Å². The molecule has 1 heterocycles. The smallest absolute Gasteiger partial charge is 0.258 e. The number of nitrogens with one attached hydrogen (secondary N) is 1. The standard InChI is InChI=1S/C14H13BrN2O2/c1-8-5-6-11(9(2)12(8)18)17-14(19)10-4-3-7-16-13(10)15/h3-7,18H,1-2H3,(H,17,19). The second kappa shape index (κ2) is 5.40. The number of phenols is 1. The SMILES string of the molecule is Cc1ccc(NC(=O)c2cccnc2Br)c(C)c1O. The van der Waals surface area contributed by atoms with Gasteiger partial charge in [-0.1, -0.05) is 6.07 Å². The molecule has 0 fully saturated rings. The monoisotopic (exact) mass is 320 g/mol. The molecule has 2 aromatic rings. The molecule has 0 atom stereocenters. The molecule has 0 radical (unpaired) electrons. The zero-order valence-corrected chi connectivity index (χ0v) is 12.2. The molecule has 1 aromatic heterocycles. The average Bonchev–Trinajstić information content (AvgIpc) is 2.40. The number of carbonyl (C=O) groups is 1. The number of benzene rings is 1. The molecule has 19 heavy (non-hydrogen) atoms. The number of anilines is 1. The van der Waals surface area contributed by atoms with Crippen molar-refractivity contribution in [3.63, 3.8) is 0 Å². The summed E-state index contributed by atoms with van der Waals surface area (Å²) in [6.45, 7) is 3.57. The second-order valence-corrected chi connectivity index (χ2v) is 4.95. The maximum atomic E-state index is 12.1. The van der Waals surface area contributed by atoms with Crippen molar-refractivity contribution < 1.29 is 9.90 Å². The van der Waals surface area contributed by atoms with Crippen LogP contribution in [0.3, 0.4) is 0 Å². The molecule has 2 N–H and O–H groups in total. The second-order valence-electron chi connectivity index (χ2n) is 4.20. The van der Waals surface area contributed by atoms with E-state index in [4.69, 9.17) is 0 Å². The van der Waals surface area contributed by atoms with Gasteiger partial charge in [-0.2, -0.15) is 0 Å². The van der Waals surface area contributed by atoms with E-state index in [9.17, 15) is 9.90 Å². The van der Waals surface area contributed by atoms with E-state index in [1.165, 1.54) is 0 Å². The Balaban J connectivity index is 2.30. The lowest BCUT2D eigenvalue weighted by molar-refractivity contribution is 0.102. The van der Waals surface area contributed by atoms with Gasteiger partial charge in [0.15, 0.2) is 0 Å². The van der Waals surface area contributed by atoms with E-state index in [0.717, 1.165) is 5.56 Å². The van der Waals surface area contributed by atoms with Gasteiger partial charge < -0.3 is 10.4 Å². The summed E-state index contributed by atoms with van der Waals surface area (Å²) in [5.74, 6) is -0.0746. The highest BCUT2D eigenvalue weighted by atomic mass is 79.9. The van der Waals surface area contributed by atoms with Crippen LogP contribution in [0.15, 0.2) is 35.1 Å². The summed E-state index contributed by atoms with van der Waals surface area (Å²) in [7, 11) is 0. The van der Waals surface area contributed by atoms with Gasteiger partial charge in [0.25, 0.3) is 5.91 Å². The Morgan fingerprint density at radius 2 is 2.05 bits per heavy atom. The van der Waals surface area contributed by atoms with E-state index in [0.29, 0.717) is 21.4 Å². The van der Waals surface area contributed by atoms with Crippen LogP contribution >= 0.6 is 15.9 Å². The third-order valence-electron chi connectivity index (χ3n) is 2.88. The molecule has 1 aromatic carbocycles. The summed E-state index contributed by atoms with van der Waals surface area (Å²) in [6, 6.07) is 6.90. The maximum Gasteiger partial charge on any atom is 0.258 e. The molecule has 0 bridgehead atoms. The Labute approximate surface area is 119 Å². The lowest BCUT2D eigenvalue weighted by atomic mass is 10.1. The van der Waals surface area contributed by atoms with Crippen LogP contribution in [0.25, 0.3) is 0 Å². The van der Waals surface area contributed by atoms with Crippen molar-refractivity contribution in [2.45, 2.75) is 13.8 Å². The molecule has 0 saturated carbocycles. The van der Waals surface area contributed by atoms with Crippen LogP contribution in [-0.4, -0.2) is 16.0 Å². The first-order chi connectivity index (χ1) is 9.00. The quantitative estimate of drug-likeness (QED) is 0.833. The van der Waals surface area contributed by atoms with E-state index >= 15 is 0 Å². The number of pyridine rings is 1. The maximum absolute atomic E-state index is 12.1. The fourth-order valence-electron chi connectivity index (χ4n) is 1.72. The van der Waals surface area contributed by atoms with Crippen molar-refractivity contribution in [3.8, 4) is 5.75 Å². The Morgan fingerprint density at radius 1 is 1.32 bits per heavy atom. The first-order valence-electron chi connectivity index (χ1n) is 5.71. The topological polar surface area (TPSA) is 62.2 Å². The predicted molar refractivity (Wildman–Crippen MR) is 77.5 cm³/mol. The summed E-state index contributed by atoms with van der Waals surface area (Å²) in [5, 5.41) is 12.6. The van der Waals surface area contributed by atoms with Crippen LogP contribution < -0.4 is 5.32 Å². The Bertz CT molecular complexity index is 641. The number of halogens is 1. The third-order valence-corrected chi connectivity index (χ3v) is 3.52. The molecule has 2 rings (SSSR count). The van der Waals surface area contributed by atoms with Crippen molar-refractivity contribution in [3.05, 3.63) is 51.8 Å². The van der Waals surface area contributed by atoms with Gasteiger partial charge in [-0.15, -0.1) is 0 Å². The molecule has 0 spiro atoms. The summed E-state index contributed by atoms with van der Waals surface area (Å²) < 4.78 is 0.487. The normalized spacial score (nSPS) is 10.3. The summed E-state index contributed by atoms with van der Waals surface area (Å²) in [4.78, 5) is 16.1. The molecule has 0 aliphatic rings. The molecule has 4 nitrogen and oxygen atoms in total. The number of aryl methyl sites for hydroxylation is 1. The van der Waals surface area contributed by atoms with E-state index in [2.05, 4.69) is 26.2 Å². The number of hydrogen-bond acceptors (Lipinski definition) is 3. The number of nitrogens with zero attached hydrogens (tertiary/aromatic N) is 1. The molecule has 0 saturated heterocycles. The number of amides is 1. The van der Waals surface area contributed by atoms with Crippen LogP contribution in [0.2, 0.25) is 0 Å². The Morgan fingerprint density at radius 3 is 2.74 bits per heavy atom. The molecular weight excluding hydrogens is 308 g/mol. The predicted octanol–water partition coefficient (Wildman–Crippen LogP) is 3.42. The van der Waals surface area contributed by atoms with E-state index in [-0.39, 0.29) is 11.7 Å². The van der Waals surface area contributed by atoms with E-state index in [1.54, 1.807) is 37.4 Å². The number of hydrogen-bond donors (Lipinski definition) is 2. The molecule has 1 amide bonds. The van der Waals surface area contributed by atoms with Crippen LogP contribution in [0.5, 0.6) is 5.75 Å². The molecule has 0 aliphatic carbocycles. The lowest BCUT2D eigenvalue weighted by Crippen LogP contribution is -2.14. The van der Waals surface area contributed by atoms with Gasteiger partial charge in [-0.25, -0.2) is 4.98 Å². The van der Waals surface area contributed by atoms with Gasteiger partial charge in [0.1, 0.15) is 10.4 Å². The largest absolute Gasteiger partial charge is 0.507 e. The van der Waals surface area contributed by atoms with Gasteiger partial charge in [0.05, 0.1) is 5.56 Å². The average molecular weight is 321 g/mol. The third kappa shape index (κ3) is 2.76. The summed E-state index contributed by atoms with van der Waals surface area (Å²) in [5.41, 5.74) is 2.46. The number of carbonyl (C=O) groups excluding carboxylic acids is 1. The van der Waals surface area contributed by atoms with Gasteiger partial charge in [-0.05, 0) is 53.5 Å². The molecular formula is C14H13BrN2O2. The van der Waals surface area contributed by atoms with E-state index < -0.39 is 0 Å². The first-order valence-corrected chi connectivity index (χ1v) is 6.51. The van der Waals surface area contributed by atoms with Gasteiger partial charge >= 0.3 is 0 Å². The minimum Gasteiger partial charge on any atom is -0.507 e. The minimum atomic E-state index is -0.272. The number of rotatable bonds is 2. The van der Waals surface area contributed by atoms with Crippen molar-refractivity contribution in [2.75, 3.05) is 5.32 Å². The lowest BCUT2D eigenvalue weighted by Gasteiger charge is -2.11. The van der Waals surface area contributed by atoms with Crippen LogP contribution in [0.4, 0.5) is 5.69 Å². The van der Waals surface area contributed by atoms with E-state index in [1.807, 2.05) is 6.92 Å². The van der Waals surface area contributed by atoms with Crippen molar-refractivity contribution in [1.29, 1.82) is 0 Å². The van der Waals surface area contributed by atoms with Crippen LogP contribution in [0.1, 0.15) is 21.5 Å². The molecule has 0 aliphatic heterocycles. The first kappa shape index (κ1) is 13.5. The summed E-state index contributed by atoms with van der Waals surface area (Å²) in [6.07, 6.45) is 1.60. The molecule has 0 unspecified atom stereocenters. The fourth-order valence-corrected chi connectivity index (χ4v) is 2.15. The number of aromatic hydroxyl groups is 1. The zero-order chi connectivity index (χ0) is 14.0. The van der Waals surface area contributed by atoms with Crippen LogP contribution in [-0.2, 0) is 0 Å². The number of phenolic OH excluding ortho intramolecular Hbond substituents is 1. The highest BCUT2D eigenvalue weighted by Gasteiger charge is 2.13.